The lowest BCUT2D eigenvalue weighted by Crippen LogP contribution is -2.06. The van der Waals surface area contributed by atoms with Crippen LogP contribution in [0.5, 0.6) is 0 Å². The van der Waals surface area contributed by atoms with Gasteiger partial charge in [0.15, 0.2) is 5.84 Å². The summed E-state index contributed by atoms with van der Waals surface area (Å²) >= 11 is 12.1. The van der Waals surface area contributed by atoms with Crippen molar-refractivity contribution in [3.8, 4) is 11.1 Å². The van der Waals surface area contributed by atoms with Gasteiger partial charge in [-0.3, -0.25) is 4.79 Å². The van der Waals surface area contributed by atoms with Gasteiger partial charge in [-0.15, -0.1) is 5.11 Å². The number of nitrogens with two attached hydrogens (primary N) is 2. The van der Waals surface area contributed by atoms with Gasteiger partial charge in [0.1, 0.15) is 5.82 Å². The lowest BCUT2D eigenvalue weighted by molar-refractivity contribution is -0.114. The number of nitrogen functional groups attached to an aromatic ring is 1. The Morgan fingerprint density at radius 2 is 1.70 bits per heavy atom. The molecule has 0 saturated heterocycles. The standard InChI is InChI=1S/C20H17Cl2N7O/c1-11(30)26-16-4-2-12(3-5-16)13-6-18(19(23)25-10-13)20(28-29-24)27-17-8-14(21)7-15(22)9-17/h2-10H,1H3,(H2,23,25)(H,26,30)(H2,24,27,28). The van der Waals surface area contributed by atoms with E-state index in [-0.39, 0.29) is 17.6 Å². The third kappa shape index (κ3) is 5.31. The second-order valence-corrected chi connectivity index (χ2v) is 7.07. The zero-order valence-electron chi connectivity index (χ0n) is 15.8. The zero-order valence-corrected chi connectivity index (χ0v) is 17.3. The number of nitrogens with one attached hydrogen (secondary N) is 1. The van der Waals surface area contributed by atoms with E-state index in [0.717, 1.165) is 11.1 Å². The van der Waals surface area contributed by atoms with Gasteiger partial charge < -0.3 is 16.9 Å². The Morgan fingerprint density at radius 1 is 1.03 bits per heavy atom. The fourth-order valence-electron chi connectivity index (χ4n) is 2.68. The number of carbonyl (C=O) groups is 1. The van der Waals surface area contributed by atoms with Crippen LogP contribution in [0.4, 0.5) is 17.2 Å². The zero-order chi connectivity index (χ0) is 21.7. The van der Waals surface area contributed by atoms with E-state index in [9.17, 15) is 4.79 Å². The fraction of sp³-hybridized carbons (Fsp3) is 0.0500. The normalized spacial score (nSPS) is 11.6. The Kier molecular flexibility index (Phi) is 6.61. The molecule has 1 heterocycles. The van der Waals surface area contributed by atoms with Crippen LogP contribution in [0.2, 0.25) is 10.0 Å². The molecule has 1 aromatic heterocycles. The van der Waals surface area contributed by atoms with E-state index in [1.807, 2.05) is 12.1 Å². The monoisotopic (exact) mass is 441 g/mol. The molecule has 3 aromatic rings. The summed E-state index contributed by atoms with van der Waals surface area (Å²) in [6, 6.07) is 13.9. The molecule has 8 nitrogen and oxygen atoms in total. The van der Waals surface area contributed by atoms with Crippen molar-refractivity contribution in [2.24, 2.45) is 21.2 Å². The first kappa shape index (κ1) is 21.2. The van der Waals surface area contributed by atoms with Gasteiger partial charge >= 0.3 is 0 Å². The van der Waals surface area contributed by atoms with Crippen LogP contribution in [0.15, 0.2) is 70.1 Å². The number of benzene rings is 2. The number of amidine groups is 1. The van der Waals surface area contributed by atoms with Crippen LogP contribution in [0.3, 0.4) is 0 Å². The van der Waals surface area contributed by atoms with Crippen LogP contribution in [0.25, 0.3) is 11.1 Å². The predicted octanol–water partition coefficient (Wildman–Crippen LogP) is 5.00. The van der Waals surface area contributed by atoms with E-state index in [0.29, 0.717) is 27.0 Å². The van der Waals surface area contributed by atoms with Crippen molar-refractivity contribution in [3.05, 3.63) is 70.3 Å². The number of pyridine rings is 1. The molecular weight excluding hydrogens is 425 g/mol. The Bertz CT molecular complexity index is 1120. The molecule has 3 rings (SSSR count). The Hall–Kier alpha value is -3.49. The summed E-state index contributed by atoms with van der Waals surface area (Å²) in [5.74, 6) is 5.47. The van der Waals surface area contributed by atoms with E-state index in [1.165, 1.54) is 6.92 Å². The molecule has 0 bridgehead atoms. The second-order valence-electron chi connectivity index (χ2n) is 6.19. The van der Waals surface area contributed by atoms with Crippen molar-refractivity contribution >= 4 is 52.1 Å². The number of aliphatic imine (C=N–C) groups is 1. The lowest BCUT2D eigenvalue weighted by atomic mass is 10.0. The maximum atomic E-state index is 11.2. The lowest BCUT2D eigenvalue weighted by Gasteiger charge is -2.09. The van der Waals surface area contributed by atoms with Gasteiger partial charge in [0, 0.05) is 34.4 Å². The summed E-state index contributed by atoms with van der Waals surface area (Å²) in [6.07, 6.45) is 1.62. The number of carbonyl (C=O) groups excluding carboxylic acids is 1. The van der Waals surface area contributed by atoms with Crippen molar-refractivity contribution < 1.29 is 4.79 Å². The summed E-state index contributed by atoms with van der Waals surface area (Å²) in [7, 11) is 0. The average molecular weight is 442 g/mol. The van der Waals surface area contributed by atoms with E-state index in [4.69, 9.17) is 34.8 Å². The minimum atomic E-state index is -0.145. The maximum absolute atomic E-state index is 11.2. The van der Waals surface area contributed by atoms with Crippen molar-refractivity contribution in [2.75, 3.05) is 11.1 Å². The van der Waals surface area contributed by atoms with Crippen LogP contribution in [0, 0.1) is 0 Å². The van der Waals surface area contributed by atoms with Crippen molar-refractivity contribution in [2.45, 2.75) is 6.92 Å². The first-order valence-corrected chi connectivity index (χ1v) is 9.41. The largest absolute Gasteiger partial charge is 0.383 e. The molecule has 1 amide bonds. The molecule has 0 atom stereocenters. The maximum Gasteiger partial charge on any atom is 0.221 e. The molecule has 152 valence electrons. The topological polar surface area (TPSA) is 131 Å². The highest BCUT2D eigenvalue weighted by Gasteiger charge is 2.12. The number of aromatic nitrogens is 1. The molecule has 0 spiro atoms. The van der Waals surface area contributed by atoms with Crippen LogP contribution < -0.4 is 16.9 Å². The van der Waals surface area contributed by atoms with Gasteiger partial charge in [-0.25, -0.2) is 9.98 Å². The molecule has 0 aliphatic rings. The first-order chi connectivity index (χ1) is 14.4. The van der Waals surface area contributed by atoms with Gasteiger partial charge in [0.05, 0.1) is 11.3 Å². The van der Waals surface area contributed by atoms with Crippen molar-refractivity contribution in [1.29, 1.82) is 0 Å². The molecule has 0 aliphatic heterocycles. The number of hydrogen-bond donors (Lipinski definition) is 3. The molecule has 10 heteroatoms. The number of anilines is 2. The molecule has 0 radical (unpaired) electrons. The third-order valence-electron chi connectivity index (χ3n) is 3.93. The van der Waals surface area contributed by atoms with E-state index in [2.05, 4.69) is 25.6 Å². The van der Waals surface area contributed by atoms with Gasteiger partial charge in [-0.05, 0) is 42.0 Å². The highest BCUT2D eigenvalue weighted by Crippen LogP contribution is 2.28. The van der Waals surface area contributed by atoms with Crippen LogP contribution in [0.1, 0.15) is 12.5 Å². The highest BCUT2D eigenvalue weighted by atomic mass is 35.5. The van der Waals surface area contributed by atoms with E-state index >= 15 is 0 Å². The van der Waals surface area contributed by atoms with E-state index in [1.54, 1.807) is 42.6 Å². The first-order valence-electron chi connectivity index (χ1n) is 8.65. The van der Waals surface area contributed by atoms with Gasteiger partial charge in [0.2, 0.25) is 5.91 Å². The average Bonchev–Trinajstić information content (AvgIpc) is 2.67. The smallest absolute Gasteiger partial charge is 0.221 e. The molecular formula is C20H17Cl2N7O. The van der Waals surface area contributed by atoms with Crippen molar-refractivity contribution in [1.82, 2.24) is 4.98 Å². The predicted molar refractivity (Wildman–Crippen MR) is 120 cm³/mol. The minimum Gasteiger partial charge on any atom is -0.383 e. The number of nitrogens with zero attached hydrogens (tertiary/aromatic N) is 4. The fourth-order valence-corrected chi connectivity index (χ4v) is 3.19. The number of hydrogen-bond acceptors (Lipinski definition) is 5. The molecule has 0 fully saturated rings. The number of halogens is 2. The number of amides is 1. The van der Waals surface area contributed by atoms with Crippen LogP contribution in [-0.4, -0.2) is 16.7 Å². The quantitative estimate of drug-likeness (QED) is 0.172. The third-order valence-corrected chi connectivity index (χ3v) is 4.37. The molecule has 2 aromatic carbocycles. The van der Waals surface area contributed by atoms with Gasteiger partial charge in [-0.1, -0.05) is 40.6 Å². The Morgan fingerprint density at radius 3 is 2.30 bits per heavy atom. The van der Waals surface area contributed by atoms with Crippen molar-refractivity contribution in [3.63, 3.8) is 0 Å². The van der Waals surface area contributed by atoms with E-state index < -0.39 is 0 Å². The highest BCUT2D eigenvalue weighted by molar-refractivity contribution is 6.35. The molecule has 5 N–H and O–H groups in total. The summed E-state index contributed by atoms with van der Waals surface area (Å²) in [6.45, 7) is 1.45. The summed E-state index contributed by atoms with van der Waals surface area (Å²) < 4.78 is 0. The van der Waals surface area contributed by atoms with Crippen LogP contribution in [-0.2, 0) is 4.79 Å². The van der Waals surface area contributed by atoms with Gasteiger partial charge in [0.25, 0.3) is 0 Å². The molecule has 30 heavy (non-hydrogen) atoms. The molecule has 0 saturated carbocycles. The SMILES string of the molecule is CC(=O)Nc1ccc(-c2cnc(N)c(C(N=NN)=Nc3cc(Cl)cc(Cl)c3)c2)cc1. The second kappa shape index (κ2) is 9.34. The molecule has 0 aliphatic carbocycles. The minimum absolute atomic E-state index is 0.145. The summed E-state index contributed by atoms with van der Waals surface area (Å²) in [5, 5.41) is 10.8. The molecule has 0 unspecified atom stereocenters. The summed E-state index contributed by atoms with van der Waals surface area (Å²) in [5.41, 5.74) is 9.25. The number of rotatable bonds is 4. The Balaban J connectivity index is 2.03. The Labute approximate surface area is 182 Å². The van der Waals surface area contributed by atoms with Crippen LogP contribution >= 0.6 is 23.2 Å². The summed E-state index contributed by atoms with van der Waals surface area (Å²) in [4.78, 5) is 19.8. The van der Waals surface area contributed by atoms with Gasteiger partial charge in [-0.2, -0.15) is 0 Å².